The number of imidazole rings is 1. The third kappa shape index (κ3) is 4.30. The van der Waals surface area contributed by atoms with Crippen LogP contribution in [0.4, 0.5) is 5.69 Å². The lowest BCUT2D eigenvalue weighted by Crippen LogP contribution is -2.07. The predicted octanol–water partition coefficient (Wildman–Crippen LogP) is 3.75. The van der Waals surface area contributed by atoms with Crippen molar-refractivity contribution in [1.29, 1.82) is 0 Å². The summed E-state index contributed by atoms with van der Waals surface area (Å²) < 4.78 is 10.4. The molecule has 26 heavy (non-hydrogen) atoms. The van der Waals surface area contributed by atoms with Crippen LogP contribution in [0.2, 0.25) is 0 Å². The average molecular weight is 349 g/mol. The van der Waals surface area contributed by atoms with Gasteiger partial charge >= 0.3 is 0 Å². The van der Waals surface area contributed by atoms with E-state index in [-0.39, 0.29) is 5.91 Å². The SMILES string of the molecule is COc1cc(C=CC(=O)Nc2ccc(-c3ncc[nH]3)cc2)cc(OC)c1. The first-order valence-corrected chi connectivity index (χ1v) is 8.00. The molecule has 1 heterocycles. The van der Waals surface area contributed by atoms with Crippen molar-refractivity contribution in [3.05, 3.63) is 66.5 Å². The van der Waals surface area contributed by atoms with E-state index in [9.17, 15) is 4.79 Å². The Hall–Kier alpha value is -3.54. The lowest BCUT2D eigenvalue weighted by molar-refractivity contribution is -0.111. The van der Waals surface area contributed by atoms with Crippen molar-refractivity contribution in [3.63, 3.8) is 0 Å². The highest BCUT2D eigenvalue weighted by atomic mass is 16.5. The predicted molar refractivity (Wildman–Crippen MR) is 101 cm³/mol. The highest BCUT2D eigenvalue weighted by molar-refractivity contribution is 6.02. The van der Waals surface area contributed by atoms with Crippen molar-refractivity contribution in [2.45, 2.75) is 0 Å². The Morgan fingerprint density at radius 3 is 2.35 bits per heavy atom. The molecule has 0 aliphatic rings. The van der Waals surface area contributed by atoms with Gasteiger partial charge in [-0.25, -0.2) is 4.98 Å². The Bertz CT molecular complexity index is 878. The minimum Gasteiger partial charge on any atom is -0.497 e. The number of amides is 1. The molecule has 2 aromatic carbocycles. The summed E-state index contributed by atoms with van der Waals surface area (Å²) in [4.78, 5) is 19.4. The normalized spacial score (nSPS) is 10.7. The third-order valence-electron chi connectivity index (χ3n) is 3.73. The largest absolute Gasteiger partial charge is 0.497 e. The van der Waals surface area contributed by atoms with Crippen LogP contribution >= 0.6 is 0 Å². The van der Waals surface area contributed by atoms with E-state index in [1.165, 1.54) is 6.08 Å². The van der Waals surface area contributed by atoms with Gasteiger partial charge in [0.05, 0.1) is 14.2 Å². The average Bonchev–Trinajstić information content (AvgIpc) is 3.21. The van der Waals surface area contributed by atoms with Crippen LogP contribution in [-0.4, -0.2) is 30.1 Å². The first kappa shape index (κ1) is 17.3. The molecule has 0 saturated carbocycles. The molecule has 0 aliphatic carbocycles. The number of carbonyl (C=O) groups is 1. The van der Waals surface area contributed by atoms with Crippen molar-refractivity contribution in [1.82, 2.24) is 9.97 Å². The highest BCUT2D eigenvalue weighted by Gasteiger charge is 2.03. The van der Waals surface area contributed by atoms with Crippen LogP contribution in [0, 0.1) is 0 Å². The number of carbonyl (C=O) groups excluding carboxylic acids is 1. The van der Waals surface area contributed by atoms with Crippen molar-refractivity contribution in [2.75, 3.05) is 19.5 Å². The number of aromatic amines is 1. The molecule has 2 N–H and O–H groups in total. The van der Waals surface area contributed by atoms with Gasteiger partial charge in [0.25, 0.3) is 0 Å². The molecule has 132 valence electrons. The van der Waals surface area contributed by atoms with Crippen molar-refractivity contribution in [2.24, 2.45) is 0 Å². The number of nitrogens with zero attached hydrogens (tertiary/aromatic N) is 1. The smallest absolute Gasteiger partial charge is 0.248 e. The Labute approximate surface area is 151 Å². The van der Waals surface area contributed by atoms with E-state index < -0.39 is 0 Å². The number of hydrogen-bond acceptors (Lipinski definition) is 4. The van der Waals surface area contributed by atoms with Crippen molar-refractivity contribution in [3.8, 4) is 22.9 Å². The third-order valence-corrected chi connectivity index (χ3v) is 3.73. The molecule has 1 aromatic heterocycles. The number of benzene rings is 2. The van der Waals surface area contributed by atoms with Gasteiger partial charge in [0, 0.05) is 35.8 Å². The van der Waals surface area contributed by atoms with Crippen LogP contribution in [0.15, 0.2) is 60.9 Å². The lowest BCUT2D eigenvalue weighted by Gasteiger charge is -2.06. The summed E-state index contributed by atoms with van der Waals surface area (Å²) in [5.74, 6) is 1.89. The molecule has 6 nitrogen and oxygen atoms in total. The number of hydrogen-bond donors (Lipinski definition) is 2. The zero-order valence-electron chi connectivity index (χ0n) is 14.5. The summed E-state index contributed by atoms with van der Waals surface area (Å²) in [6.07, 6.45) is 6.64. The minimum atomic E-state index is -0.225. The molecule has 0 bridgehead atoms. The van der Waals surface area contributed by atoms with E-state index in [0.29, 0.717) is 17.2 Å². The summed E-state index contributed by atoms with van der Waals surface area (Å²) in [7, 11) is 3.17. The summed E-state index contributed by atoms with van der Waals surface area (Å²) in [5, 5.41) is 2.82. The quantitative estimate of drug-likeness (QED) is 0.665. The number of nitrogens with one attached hydrogen (secondary N) is 2. The summed E-state index contributed by atoms with van der Waals surface area (Å²) in [5.41, 5.74) is 2.47. The number of ether oxygens (including phenoxy) is 2. The molecular formula is C20H19N3O3. The van der Waals surface area contributed by atoms with E-state index in [4.69, 9.17) is 9.47 Å². The van der Waals surface area contributed by atoms with E-state index in [0.717, 1.165) is 17.0 Å². The second-order valence-corrected chi connectivity index (χ2v) is 5.48. The maximum Gasteiger partial charge on any atom is 0.248 e. The van der Waals surface area contributed by atoms with Gasteiger partial charge in [-0.2, -0.15) is 0 Å². The zero-order chi connectivity index (χ0) is 18.4. The van der Waals surface area contributed by atoms with Crippen LogP contribution in [0.3, 0.4) is 0 Å². The van der Waals surface area contributed by atoms with Gasteiger partial charge < -0.3 is 19.8 Å². The van der Waals surface area contributed by atoms with Gasteiger partial charge in [0.2, 0.25) is 5.91 Å². The number of H-pyrrole nitrogens is 1. The van der Waals surface area contributed by atoms with Crippen LogP contribution in [0.5, 0.6) is 11.5 Å². The van der Waals surface area contributed by atoms with Gasteiger partial charge in [0.1, 0.15) is 17.3 Å². The number of aromatic nitrogens is 2. The Morgan fingerprint density at radius 2 is 1.77 bits per heavy atom. The maximum atomic E-state index is 12.1. The van der Waals surface area contributed by atoms with E-state index in [1.54, 1.807) is 38.8 Å². The van der Waals surface area contributed by atoms with E-state index in [2.05, 4.69) is 15.3 Å². The molecule has 3 rings (SSSR count). The Kier molecular flexibility index (Phi) is 5.34. The molecule has 0 saturated heterocycles. The minimum absolute atomic E-state index is 0.225. The maximum absolute atomic E-state index is 12.1. The summed E-state index contributed by atoms with van der Waals surface area (Å²) >= 11 is 0. The van der Waals surface area contributed by atoms with Gasteiger partial charge in [-0.15, -0.1) is 0 Å². The fourth-order valence-corrected chi connectivity index (χ4v) is 2.42. The number of anilines is 1. The summed E-state index contributed by atoms with van der Waals surface area (Å²) in [6, 6.07) is 12.9. The molecule has 0 radical (unpaired) electrons. The molecule has 6 heteroatoms. The molecular weight excluding hydrogens is 330 g/mol. The Balaban J connectivity index is 1.66. The number of methoxy groups -OCH3 is 2. The van der Waals surface area contributed by atoms with Crippen LogP contribution in [0.25, 0.3) is 17.5 Å². The molecule has 0 unspecified atom stereocenters. The van der Waals surface area contributed by atoms with Crippen molar-refractivity contribution >= 4 is 17.7 Å². The molecule has 0 atom stereocenters. The van der Waals surface area contributed by atoms with E-state index in [1.807, 2.05) is 36.4 Å². The van der Waals surface area contributed by atoms with Gasteiger partial charge in [-0.05, 0) is 48.0 Å². The standard InChI is InChI=1S/C20H19N3O3/c1-25-17-11-14(12-18(13-17)26-2)3-8-19(24)23-16-6-4-15(5-7-16)20-21-9-10-22-20/h3-13H,1-2H3,(H,21,22)(H,23,24). The molecule has 1 amide bonds. The molecule has 0 aliphatic heterocycles. The van der Waals surface area contributed by atoms with Crippen LogP contribution in [-0.2, 0) is 4.79 Å². The highest BCUT2D eigenvalue weighted by Crippen LogP contribution is 2.23. The van der Waals surface area contributed by atoms with Gasteiger partial charge in [-0.3, -0.25) is 4.79 Å². The summed E-state index contributed by atoms with van der Waals surface area (Å²) in [6.45, 7) is 0. The fraction of sp³-hybridized carbons (Fsp3) is 0.100. The van der Waals surface area contributed by atoms with Gasteiger partial charge in [-0.1, -0.05) is 0 Å². The monoisotopic (exact) mass is 349 g/mol. The first-order valence-electron chi connectivity index (χ1n) is 8.00. The number of rotatable bonds is 6. The fourth-order valence-electron chi connectivity index (χ4n) is 2.42. The topological polar surface area (TPSA) is 76.2 Å². The molecule has 0 spiro atoms. The first-order chi connectivity index (χ1) is 12.7. The Morgan fingerprint density at radius 1 is 1.08 bits per heavy atom. The van der Waals surface area contributed by atoms with E-state index >= 15 is 0 Å². The second-order valence-electron chi connectivity index (χ2n) is 5.48. The van der Waals surface area contributed by atoms with Crippen molar-refractivity contribution < 1.29 is 14.3 Å². The second kappa shape index (κ2) is 8.02. The zero-order valence-corrected chi connectivity index (χ0v) is 14.5. The van der Waals surface area contributed by atoms with Crippen LogP contribution < -0.4 is 14.8 Å². The van der Waals surface area contributed by atoms with Crippen LogP contribution in [0.1, 0.15) is 5.56 Å². The molecule has 0 fully saturated rings. The lowest BCUT2D eigenvalue weighted by atomic mass is 10.1. The van der Waals surface area contributed by atoms with Gasteiger partial charge in [0.15, 0.2) is 0 Å². The molecule has 3 aromatic rings.